The van der Waals surface area contributed by atoms with E-state index in [1.54, 1.807) is 26.3 Å². The quantitative estimate of drug-likeness (QED) is 0.590. The van der Waals surface area contributed by atoms with Crippen molar-refractivity contribution in [3.05, 3.63) is 77.2 Å². The van der Waals surface area contributed by atoms with Gasteiger partial charge < -0.3 is 4.42 Å². The molecule has 0 aliphatic heterocycles. The lowest BCUT2D eigenvalue weighted by atomic mass is 9.98. The average molecular weight is 384 g/mol. The first kappa shape index (κ1) is 19.4. The highest BCUT2D eigenvalue weighted by Crippen LogP contribution is 2.22. The van der Waals surface area contributed by atoms with Crippen LogP contribution in [0.25, 0.3) is 11.5 Å². The fourth-order valence-corrected chi connectivity index (χ4v) is 3.95. The van der Waals surface area contributed by atoms with Crippen molar-refractivity contribution < 1.29 is 12.8 Å². The van der Waals surface area contributed by atoms with E-state index >= 15 is 0 Å². The molecular formula is C22H25NO3S. The molecule has 3 rings (SSSR count). The lowest BCUT2D eigenvalue weighted by Crippen LogP contribution is -2.15. The van der Waals surface area contributed by atoms with Gasteiger partial charge in [-0.1, -0.05) is 30.3 Å². The molecule has 0 spiro atoms. The highest BCUT2D eigenvalue weighted by molar-refractivity contribution is 7.91. The van der Waals surface area contributed by atoms with Crippen LogP contribution in [0.5, 0.6) is 0 Å². The summed E-state index contributed by atoms with van der Waals surface area (Å²) in [5, 5.41) is -0.348. The van der Waals surface area contributed by atoms with Crippen LogP contribution in [0, 0.1) is 6.92 Å². The van der Waals surface area contributed by atoms with Gasteiger partial charge in [0.2, 0.25) is 5.89 Å². The van der Waals surface area contributed by atoms with E-state index in [1.165, 1.54) is 16.7 Å². The van der Waals surface area contributed by atoms with Gasteiger partial charge in [0.05, 0.1) is 17.2 Å². The molecule has 0 bridgehead atoms. The van der Waals surface area contributed by atoms with E-state index in [4.69, 9.17) is 4.42 Å². The third kappa shape index (κ3) is 4.86. The molecule has 0 atom stereocenters. The van der Waals surface area contributed by atoms with Gasteiger partial charge in [-0.15, -0.1) is 0 Å². The molecule has 3 aromatic rings. The van der Waals surface area contributed by atoms with Gasteiger partial charge in [-0.3, -0.25) is 0 Å². The molecular weight excluding hydrogens is 358 g/mol. The third-order valence-corrected chi connectivity index (χ3v) is 6.99. The molecule has 0 saturated carbocycles. The number of benzene rings is 2. The summed E-state index contributed by atoms with van der Waals surface area (Å²) in [6.45, 7) is 5.54. The number of aromatic nitrogens is 1. The minimum Gasteiger partial charge on any atom is -0.445 e. The first-order chi connectivity index (χ1) is 12.8. The molecule has 1 heterocycles. The summed E-state index contributed by atoms with van der Waals surface area (Å²) in [6.07, 6.45) is 5.07. The maximum Gasteiger partial charge on any atom is 0.225 e. The number of hydrogen-bond donors (Lipinski definition) is 0. The zero-order valence-corrected chi connectivity index (χ0v) is 16.8. The highest BCUT2D eigenvalue weighted by Gasteiger charge is 2.16. The maximum absolute atomic E-state index is 12.0. The van der Waals surface area contributed by atoms with Gasteiger partial charge in [0, 0.05) is 5.56 Å². The second-order valence-electron chi connectivity index (χ2n) is 7.15. The number of nitrogens with zero attached hydrogens (tertiary/aromatic N) is 1. The molecule has 4 nitrogen and oxygen atoms in total. The summed E-state index contributed by atoms with van der Waals surface area (Å²) >= 11 is 0. The van der Waals surface area contributed by atoms with E-state index in [-0.39, 0.29) is 11.0 Å². The largest absolute Gasteiger partial charge is 0.445 e. The SMILES string of the molecule is Cc1cc(-c2ncco2)ccc1CCc1ccc(CS(=O)(=O)C(C)C)cc1. The van der Waals surface area contributed by atoms with E-state index in [2.05, 4.69) is 24.0 Å². The van der Waals surface area contributed by atoms with Gasteiger partial charge in [-0.05, 0) is 68.0 Å². The average Bonchev–Trinajstić information content (AvgIpc) is 3.16. The predicted molar refractivity (Wildman–Crippen MR) is 108 cm³/mol. The Labute approximate surface area is 161 Å². The lowest BCUT2D eigenvalue weighted by molar-refractivity contribution is 0.574. The monoisotopic (exact) mass is 383 g/mol. The minimum atomic E-state index is -3.06. The zero-order chi connectivity index (χ0) is 19.4. The molecule has 0 aliphatic carbocycles. The Morgan fingerprint density at radius 3 is 2.30 bits per heavy atom. The van der Waals surface area contributed by atoms with Gasteiger partial charge in [0.15, 0.2) is 9.84 Å². The smallest absolute Gasteiger partial charge is 0.225 e. The van der Waals surface area contributed by atoms with E-state index in [0.717, 1.165) is 24.0 Å². The van der Waals surface area contributed by atoms with Gasteiger partial charge in [0.1, 0.15) is 6.26 Å². The van der Waals surface area contributed by atoms with E-state index in [0.29, 0.717) is 5.89 Å². The van der Waals surface area contributed by atoms with Crippen LogP contribution in [0.3, 0.4) is 0 Å². The van der Waals surface area contributed by atoms with Crippen LogP contribution >= 0.6 is 0 Å². The van der Waals surface area contributed by atoms with Crippen molar-refractivity contribution in [3.63, 3.8) is 0 Å². The minimum absolute atomic E-state index is 0.104. The Bertz CT molecular complexity index is 989. The van der Waals surface area contributed by atoms with Gasteiger partial charge in [-0.25, -0.2) is 13.4 Å². The van der Waals surface area contributed by atoms with Crippen molar-refractivity contribution in [2.45, 2.75) is 44.6 Å². The number of rotatable bonds is 7. The van der Waals surface area contributed by atoms with Crippen molar-refractivity contribution in [1.29, 1.82) is 0 Å². The van der Waals surface area contributed by atoms with Gasteiger partial charge in [0.25, 0.3) is 0 Å². The Kier molecular flexibility index (Phi) is 5.80. The van der Waals surface area contributed by atoms with Crippen LogP contribution in [0.2, 0.25) is 0 Å². The van der Waals surface area contributed by atoms with E-state index in [1.807, 2.05) is 30.3 Å². The molecule has 1 aromatic heterocycles. The van der Waals surface area contributed by atoms with E-state index in [9.17, 15) is 8.42 Å². The molecule has 142 valence electrons. The predicted octanol–water partition coefficient (Wildman–Crippen LogP) is 4.76. The summed E-state index contributed by atoms with van der Waals surface area (Å²) in [4.78, 5) is 4.19. The Morgan fingerprint density at radius 1 is 1.00 bits per heavy atom. The molecule has 0 saturated heterocycles. The van der Waals surface area contributed by atoms with Crippen molar-refractivity contribution in [1.82, 2.24) is 4.98 Å². The second kappa shape index (κ2) is 8.09. The van der Waals surface area contributed by atoms with Crippen LogP contribution in [-0.4, -0.2) is 18.7 Å². The standard InChI is InChI=1S/C22H25NO3S/c1-16(2)27(24,25)15-19-6-4-18(5-7-19)8-9-20-10-11-21(14-17(20)3)22-23-12-13-26-22/h4-7,10-14,16H,8-9,15H2,1-3H3. The van der Waals surface area contributed by atoms with Crippen molar-refractivity contribution in [3.8, 4) is 11.5 Å². The first-order valence-electron chi connectivity index (χ1n) is 9.14. The van der Waals surface area contributed by atoms with Gasteiger partial charge in [-0.2, -0.15) is 0 Å². The summed E-state index contributed by atoms with van der Waals surface area (Å²) in [7, 11) is -3.06. The van der Waals surface area contributed by atoms with Crippen LogP contribution in [0.15, 0.2) is 59.3 Å². The van der Waals surface area contributed by atoms with Crippen molar-refractivity contribution in [2.24, 2.45) is 0 Å². The highest BCUT2D eigenvalue weighted by atomic mass is 32.2. The third-order valence-electron chi connectivity index (χ3n) is 4.81. The van der Waals surface area contributed by atoms with Crippen LogP contribution in [0.4, 0.5) is 0 Å². The number of hydrogen-bond acceptors (Lipinski definition) is 4. The summed E-state index contributed by atoms with van der Waals surface area (Å²) in [6, 6.07) is 14.2. The maximum atomic E-state index is 12.0. The topological polar surface area (TPSA) is 60.2 Å². The molecule has 0 unspecified atom stereocenters. The molecule has 5 heteroatoms. The summed E-state index contributed by atoms with van der Waals surface area (Å²) < 4.78 is 29.4. The van der Waals surface area contributed by atoms with Crippen molar-refractivity contribution in [2.75, 3.05) is 0 Å². The molecule has 0 N–H and O–H groups in total. The normalized spacial score (nSPS) is 11.9. The van der Waals surface area contributed by atoms with E-state index < -0.39 is 9.84 Å². The zero-order valence-electron chi connectivity index (χ0n) is 16.0. The second-order valence-corrected chi connectivity index (χ2v) is 9.71. The summed E-state index contributed by atoms with van der Waals surface area (Å²) in [5.41, 5.74) is 5.54. The van der Waals surface area contributed by atoms with Gasteiger partial charge >= 0.3 is 0 Å². The van der Waals surface area contributed by atoms with Crippen LogP contribution in [0.1, 0.15) is 36.1 Å². The summed E-state index contributed by atoms with van der Waals surface area (Å²) in [5.74, 6) is 0.739. The molecule has 2 aromatic carbocycles. The molecule has 0 radical (unpaired) electrons. The number of aryl methyl sites for hydroxylation is 3. The molecule has 27 heavy (non-hydrogen) atoms. The Hall–Kier alpha value is -2.40. The molecule has 0 amide bonds. The van der Waals surface area contributed by atoms with Crippen molar-refractivity contribution >= 4 is 9.84 Å². The lowest BCUT2D eigenvalue weighted by Gasteiger charge is -2.10. The van der Waals surface area contributed by atoms with Crippen LogP contribution < -0.4 is 0 Å². The first-order valence-corrected chi connectivity index (χ1v) is 10.9. The number of sulfone groups is 1. The molecule has 0 fully saturated rings. The Balaban J connectivity index is 1.63. The fraction of sp³-hybridized carbons (Fsp3) is 0.318. The number of oxazole rings is 1. The fourth-order valence-electron chi connectivity index (χ4n) is 2.96. The van der Waals surface area contributed by atoms with Crippen LogP contribution in [-0.2, 0) is 28.4 Å². The Morgan fingerprint density at radius 2 is 1.70 bits per heavy atom. The molecule has 0 aliphatic rings.